The number of rotatable bonds is 7. The van der Waals surface area contributed by atoms with Crippen LogP contribution in [0, 0.1) is 11.3 Å². The predicted molar refractivity (Wildman–Crippen MR) is 93.8 cm³/mol. The van der Waals surface area contributed by atoms with Crippen molar-refractivity contribution in [3.05, 3.63) is 34.9 Å². The first-order valence-electron chi connectivity index (χ1n) is 7.82. The van der Waals surface area contributed by atoms with E-state index in [0.717, 1.165) is 5.56 Å². The Morgan fingerprint density at radius 1 is 1.08 bits per heavy atom. The maximum absolute atomic E-state index is 12.3. The van der Waals surface area contributed by atoms with Gasteiger partial charge in [-0.2, -0.15) is 0 Å². The van der Waals surface area contributed by atoms with E-state index < -0.39 is 17.5 Å². The Kier molecular flexibility index (Phi) is 7.24. The molecule has 134 valence electrons. The summed E-state index contributed by atoms with van der Waals surface area (Å²) >= 11 is 5.96. The number of benzene rings is 1. The zero-order valence-corrected chi connectivity index (χ0v) is 15.8. The van der Waals surface area contributed by atoms with Crippen molar-refractivity contribution in [2.45, 2.75) is 39.8 Å². The number of carbonyl (C=O) groups is 2. The molecule has 0 aromatic heterocycles. The molecule has 0 heterocycles. The highest BCUT2D eigenvalue weighted by atomic mass is 35.5. The second kappa shape index (κ2) is 8.49. The van der Waals surface area contributed by atoms with Gasteiger partial charge >= 0.3 is 11.9 Å². The van der Waals surface area contributed by atoms with Crippen LogP contribution in [0.25, 0.3) is 0 Å². The summed E-state index contributed by atoms with van der Waals surface area (Å²) in [6, 6.07) is 6.16. The molecule has 0 amide bonds. The summed E-state index contributed by atoms with van der Waals surface area (Å²) < 4.78 is 9.84. The van der Waals surface area contributed by atoms with Crippen LogP contribution in [-0.2, 0) is 19.1 Å². The van der Waals surface area contributed by atoms with Gasteiger partial charge in [0.1, 0.15) is 6.04 Å². The lowest BCUT2D eigenvalue weighted by molar-refractivity contribution is -0.154. The summed E-state index contributed by atoms with van der Waals surface area (Å²) in [7, 11) is 2.70. The van der Waals surface area contributed by atoms with Crippen LogP contribution < -0.4 is 5.32 Å². The molecule has 5 nitrogen and oxygen atoms in total. The number of hydrogen-bond donors (Lipinski definition) is 1. The van der Waals surface area contributed by atoms with Gasteiger partial charge in [-0.15, -0.1) is 0 Å². The molecular weight excluding hydrogens is 330 g/mol. The van der Waals surface area contributed by atoms with Crippen molar-refractivity contribution >= 4 is 23.5 Å². The van der Waals surface area contributed by atoms with Crippen molar-refractivity contribution in [1.82, 2.24) is 5.32 Å². The van der Waals surface area contributed by atoms with Crippen molar-refractivity contribution in [3.63, 3.8) is 0 Å². The molecule has 1 aromatic rings. The molecule has 1 N–H and O–H groups in total. The number of halogens is 1. The van der Waals surface area contributed by atoms with E-state index in [-0.39, 0.29) is 17.9 Å². The fraction of sp³-hybridized carbons (Fsp3) is 0.556. The molecular formula is C18H26ClNO4. The lowest BCUT2D eigenvalue weighted by Crippen LogP contribution is -2.49. The molecule has 2 atom stereocenters. The number of ether oxygens (including phenoxy) is 2. The Labute approximate surface area is 148 Å². The van der Waals surface area contributed by atoms with E-state index in [0.29, 0.717) is 5.02 Å². The van der Waals surface area contributed by atoms with Crippen LogP contribution in [0.5, 0.6) is 0 Å². The summed E-state index contributed by atoms with van der Waals surface area (Å²) in [5.41, 5.74) is -0.0617. The minimum Gasteiger partial charge on any atom is -0.469 e. The topological polar surface area (TPSA) is 64.6 Å². The first kappa shape index (κ1) is 20.5. The third kappa shape index (κ3) is 4.71. The summed E-state index contributed by atoms with van der Waals surface area (Å²) in [4.78, 5) is 24.4. The second-order valence-corrected chi connectivity index (χ2v) is 7.05. The van der Waals surface area contributed by atoms with Crippen molar-refractivity contribution in [3.8, 4) is 0 Å². The largest absolute Gasteiger partial charge is 0.469 e. The zero-order chi connectivity index (χ0) is 18.5. The molecule has 0 aliphatic heterocycles. The molecule has 1 aromatic carbocycles. The van der Waals surface area contributed by atoms with Crippen LogP contribution in [0.1, 0.15) is 39.3 Å². The fourth-order valence-corrected chi connectivity index (χ4v) is 2.72. The Balaban J connectivity index is 3.29. The van der Waals surface area contributed by atoms with Gasteiger partial charge in [0.2, 0.25) is 0 Å². The Morgan fingerprint density at radius 2 is 1.62 bits per heavy atom. The van der Waals surface area contributed by atoms with Crippen molar-refractivity contribution in [1.29, 1.82) is 0 Å². The molecule has 1 rings (SSSR count). The van der Waals surface area contributed by atoms with E-state index in [2.05, 4.69) is 5.32 Å². The van der Waals surface area contributed by atoms with Crippen molar-refractivity contribution < 1.29 is 19.1 Å². The Morgan fingerprint density at radius 3 is 2.04 bits per heavy atom. The monoisotopic (exact) mass is 355 g/mol. The molecule has 0 fully saturated rings. The normalized spacial score (nSPS) is 14.2. The molecule has 0 bridgehead atoms. The first-order valence-corrected chi connectivity index (χ1v) is 8.20. The minimum absolute atomic E-state index is 0.0132. The molecule has 0 aliphatic rings. The van der Waals surface area contributed by atoms with Gasteiger partial charge in [0.05, 0.1) is 19.6 Å². The summed E-state index contributed by atoms with van der Waals surface area (Å²) in [6.45, 7) is 7.39. The van der Waals surface area contributed by atoms with Gasteiger partial charge in [-0.05, 0) is 37.5 Å². The quantitative estimate of drug-likeness (QED) is 0.760. The van der Waals surface area contributed by atoms with Crippen LogP contribution in [0.4, 0.5) is 0 Å². The van der Waals surface area contributed by atoms with E-state index in [1.807, 2.05) is 26.0 Å². The molecule has 6 heteroatoms. The van der Waals surface area contributed by atoms with Crippen LogP contribution >= 0.6 is 11.6 Å². The van der Waals surface area contributed by atoms with Crippen molar-refractivity contribution in [2.24, 2.45) is 11.3 Å². The van der Waals surface area contributed by atoms with E-state index >= 15 is 0 Å². The van der Waals surface area contributed by atoms with Gasteiger partial charge in [0.25, 0.3) is 0 Å². The number of hydrogen-bond acceptors (Lipinski definition) is 5. The average Bonchev–Trinajstić information content (AvgIpc) is 2.54. The summed E-state index contributed by atoms with van der Waals surface area (Å²) in [5, 5.41) is 3.88. The standard InChI is InChI=1S/C18H26ClNO4/c1-11(2)14(16(21)23-5)20-15(18(3,4)17(22)24-6)12-7-9-13(19)10-8-12/h7-11,14-15,20H,1-6H3/t14-,15+/m0/s1. The summed E-state index contributed by atoms with van der Waals surface area (Å²) in [5.74, 6) is -0.757. The maximum Gasteiger partial charge on any atom is 0.323 e. The third-order valence-electron chi connectivity index (χ3n) is 4.10. The van der Waals surface area contributed by atoms with E-state index in [1.54, 1.807) is 26.0 Å². The molecule has 0 radical (unpaired) electrons. The lowest BCUT2D eigenvalue weighted by atomic mass is 9.79. The molecule has 0 saturated carbocycles. The smallest absolute Gasteiger partial charge is 0.323 e. The number of methoxy groups -OCH3 is 2. The Hall–Kier alpha value is -1.59. The van der Waals surface area contributed by atoms with E-state index in [9.17, 15) is 9.59 Å². The van der Waals surface area contributed by atoms with Crippen LogP contribution in [0.15, 0.2) is 24.3 Å². The average molecular weight is 356 g/mol. The van der Waals surface area contributed by atoms with Crippen LogP contribution in [0.3, 0.4) is 0 Å². The maximum atomic E-state index is 12.3. The van der Waals surface area contributed by atoms with Gasteiger partial charge in [-0.1, -0.05) is 37.6 Å². The first-order chi connectivity index (χ1) is 11.1. The molecule has 0 aliphatic carbocycles. The zero-order valence-electron chi connectivity index (χ0n) is 15.1. The number of esters is 2. The fourth-order valence-electron chi connectivity index (χ4n) is 2.60. The van der Waals surface area contributed by atoms with Gasteiger partial charge in [-0.3, -0.25) is 14.9 Å². The minimum atomic E-state index is -0.899. The van der Waals surface area contributed by atoms with E-state index in [1.165, 1.54) is 14.2 Å². The Bertz CT molecular complexity index is 569. The van der Waals surface area contributed by atoms with Crippen LogP contribution in [0.2, 0.25) is 5.02 Å². The molecule has 0 spiro atoms. The number of nitrogens with one attached hydrogen (secondary N) is 1. The lowest BCUT2D eigenvalue weighted by Gasteiger charge is -2.36. The molecule has 0 unspecified atom stereocenters. The highest BCUT2D eigenvalue weighted by Crippen LogP contribution is 2.36. The summed E-state index contributed by atoms with van der Waals surface area (Å²) in [6.07, 6.45) is 0. The van der Waals surface area contributed by atoms with Gasteiger partial charge in [0, 0.05) is 11.1 Å². The van der Waals surface area contributed by atoms with Gasteiger partial charge in [0.15, 0.2) is 0 Å². The second-order valence-electron chi connectivity index (χ2n) is 6.61. The molecule has 0 saturated heterocycles. The van der Waals surface area contributed by atoms with Crippen LogP contribution in [-0.4, -0.2) is 32.2 Å². The van der Waals surface area contributed by atoms with Gasteiger partial charge < -0.3 is 9.47 Å². The third-order valence-corrected chi connectivity index (χ3v) is 4.36. The predicted octanol–water partition coefficient (Wildman–Crippen LogP) is 3.37. The highest BCUT2D eigenvalue weighted by Gasteiger charge is 2.41. The van der Waals surface area contributed by atoms with E-state index in [4.69, 9.17) is 21.1 Å². The van der Waals surface area contributed by atoms with Crippen molar-refractivity contribution in [2.75, 3.05) is 14.2 Å². The molecule has 24 heavy (non-hydrogen) atoms. The number of carbonyl (C=O) groups excluding carboxylic acids is 2. The highest BCUT2D eigenvalue weighted by molar-refractivity contribution is 6.30. The van der Waals surface area contributed by atoms with Gasteiger partial charge in [-0.25, -0.2) is 0 Å². The SMILES string of the molecule is COC(=O)[C@@H](N[C@H](c1ccc(Cl)cc1)C(C)(C)C(=O)OC)C(C)C.